The number of thiazole rings is 1. The third-order valence-electron chi connectivity index (χ3n) is 4.26. The molecule has 2 aromatic heterocycles. The Morgan fingerprint density at radius 1 is 1.30 bits per heavy atom. The zero-order chi connectivity index (χ0) is 19.0. The normalized spacial score (nSPS) is 12.0. The Kier molecular flexibility index (Phi) is 4.33. The maximum atomic E-state index is 12.7. The van der Waals surface area contributed by atoms with Crippen LogP contribution < -0.4 is 10.2 Å². The Morgan fingerprint density at radius 3 is 2.93 bits per heavy atom. The summed E-state index contributed by atoms with van der Waals surface area (Å²) in [7, 11) is 0. The van der Waals surface area contributed by atoms with Crippen molar-refractivity contribution in [1.82, 2.24) is 4.57 Å². The Bertz CT molecular complexity index is 1320. The van der Waals surface area contributed by atoms with Crippen molar-refractivity contribution in [2.45, 2.75) is 13.5 Å². The Balaban J connectivity index is 1.90. The molecule has 0 saturated heterocycles. The summed E-state index contributed by atoms with van der Waals surface area (Å²) in [4.78, 5) is 30.1. The largest absolute Gasteiger partial charge is 0.463 e. The van der Waals surface area contributed by atoms with Gasteiger partial charge in [-0.15, -0.1) is 6.58 Å². The molecule has 4 rings (SSSR count). The first-order chi connectivity index (χ1) is 13.1. The van der Waals surface area contributed by atoms with Gasteiger partial charge in [0.25, 0.3) is 5.91 Å². The lowest BCUT2D eigenvalue weighted by Crippen LogP contribution is -2.19. The molecule has 2 aromatic carbocycles. The van der Waals surface area contributed by atoms with E-state index in [1.54, 1.807) is 30.3 Å². The quantitative estimate of drug-likeness (QED) is 0.507. The third kappa shape index (κ3) is 3.04. The van der Waals surface area contributed by atoms with Gasteiger partial charge in [-0.25, -0.2) is 0 Å². The van der Waals surface area contributed by atoms with Crippen molar-refractivity contribution in [2.75, 3.05) is 0 Å². The fourth-order valence-electron chi connectivity index (χ4n) is 2.94. The highest BCUT2D eigenvalue weighted by molar-refractivity contribution is 7.16. The minimum absolute atomic E-state index is 0.0764. The van der Waals surface area contributed by atoms with Crippen molar-refractivity contribution in [2.24, 2.45) is 4.99 Å². The molecule has 0 aliphatic rings. The molecule has 6 heteroatoms. The molecule has 4 aromatic rings. The smallest absolute Gasteiger partial charge is 0.286 e. The van der Waals surface area contributed by atoms with Crippen LogP contribution in [0.2, 0.25) is 0 Å². The molecule has 5 nitrogen and oxygen atoms in total. The number of hydrogen-bond acceptors (Lipinski definition) is 4. The van der Waals surface area contributed by atoms with E-state index in [4.69, 9.17) is 4.42 Å². The van der Waals surface area contributed by atoms with Crippen molar-refractivity contribution in [3.63, 3.8) is 0 Å². The zero-order valence-corrected chi connectivity index (χ0v) is 15.5. The lowest BCUT2D eigenvalue weighted by Gasteiger charge is -2.01. The number of allylic oxidation sites excluding steroid dienone is 1. The summed E-state index contributed by atoms with van der Waals surface area (Å²) in [6, 6.07) is 12.9. The van der Waals surface area contributed by atoms with Gasteiger partial charge in [-0.3, -0.25) is 9.59 Å². The fraction of sp³-hybridized carbons (Fsp3) is 0.0952. The maximum absolute atomic E-state index is 12.7. The first kappa shape index (κ1) is 17.2. The van der Waals surface area contributed by atoms with E-state index in [2.05, 4.69) is 11.6 Å². The molecule has 1 amide bonds. The molecular formula is C21H16N2O3S. The monoisotopic (exact) mass is 376 g/mol. The first-order valence-electron chi connectivity index (χ1n) is 8.39. The van der Waals surface area contributed by atoms with E-state index in [1.807, 2.05) is 29.7 Å². The number of amides is 1. The summed E-state index contributed by atoms with van der Waals surface area (Å²) in [6.45, 7) is 6.31. The van der Waals surface area contributed by atoms with Crippen molar-refractivity contribution in [3.05, 3.63) is 87.5 Å². The van der Waals surface area contributed by atoms with Crippen LogP contribution in [0.1, 0.15) is 15.9 Å². The summed E-state index contributed by atoms with van der Waals surface area (Å²) < 4.78 is 8.37. The van der Waals surface area contributed by atoms with E-state index >= 15 is 0 Å². The SMILES string of the molecule is C=CCn1c(=NC(=O)c2coc3ccccc3c2=O)sc2cc(C)ccc21. The van der Waals surface area contributed by atoms with E-state index in [0.29, 0.717) is 22.3 Å². The Hall–Kier alpha value is -3.25. The standard InChI is InChI=1S/C21H16N2O3S/c1-3-10-23-16-9-8-13(2)11-18(16)27-21(23)22-20(25)15-12-26-17-7-5-4-6-14(17)19(15)24/h3-9,11-12H,1,10H2,2H3. The number of rotatable bonds is 3. The topological polar surface area (TPSA) is 64.6 Å². The van der Waals surface area contributed by atoms with Gasteiger partial charge in [-0.05, 0) is 36.8 Å². The van der Waals surface area contributed by atoms with Crippen LogP contribution in [0.3, 0.4) is 0 Å². The van der Waals surface area contributed by atoms with Crippen LogP contribution in [-0.2, 0) is 6.54 Å². The first-order valence-corrected chi connectivity index (χ1v) is 9.20. The number of para-hydroxylation sites is 1. The molecule has 0 fully saturated rings. The van der Waals surface area contributed by atoms with Crippen LogP contribution >= 0.6 is 11.3 Å². The van der Waals surface area contributed by atoms with Gasteiger partial charge in [-0.1, -0.05) is 35.6 Å². The summed E-state index contributed by atoms with van der Waals surface area (Å²) in [6.07, 6.45) is 2.94. The van der Waals surface area contributed by atoms with Crippen LogP contribution in [0.4, 0.5) is 0 Å². The molecular weight excluding hydrogens is 360 g/mol. The molecule has 0 unspecified atom stereocenters. The average Bonchev–Trinajstić information content (AvgIpc) is 2.98. The Labute approximate surface area is 158 Å². The van der Waals surface area contributed by atoms with Gasteiger partial charge < -0.3 is 8.98 Å². The van der Waals surface area contributed by atoms with Crippen LogP contribution in [0.5, 0.6) is 0 Å². The second-order valence-corrected chi connectivity index (χ2v) is 7.16. The van der Waals surface area contributed by atoms with Gasteiger partial charge in [0.15, 0.2) is 4.80 Å². The number of hydrogen-bond donors (Lipinski definition) is 0. The van der Waals surface area contributed by atoms with E-state index in [9.17, 15) is 9.59 Å². The van der Waals surface area contributed by atoms with E-state index in [1.165, 1.54) is 17.6 Å². The number of aryl methyl sites for hydroxylation is 1. The van der Waals surface area contributed by atoms with Crippen LogP contribution in [-0.4, -0.2) is 10.5 Å². The van der Waals surface area contributed by atoms with Crippen molar-refractivity contribution in [1.29, 1.82) is 0 Å². The molecule has 27 heavy (non-hydrogen) atoms. The number of fused-ring (bicyclic) bond motifs is 2. The molecule has 0 spiro atoms. The van der Waals surface area contributed by atoms with Crippen LogP contribution in [0, 0.1) is 6.92 Å². The minimum Gasteiger partial charge on any atom is -0.463 e. The highest BCUT2D eigenvalue weighted by atomic mass is 32.1. The molecule has 134 valence electrons. The maximum Gasteiger partial charge on any atom is 0.286 e. The lowest BCUT2D eigenvalue weighted by molar-refractivity contribution is 0.0995. The molecule has 0 radical (unpaired) electrons. The molecule has 0 bridgehead atoms. The van der Waals surface area contributed by atoms with E-state index < -0.39 is 5.91 Å². The van der Waals surface area contributed by atoms with Gasteiger partial charge in [-0.2, -0.15) is 4.99 Å². The van der Waals surface area contributed by atoms with Crippen LogP contribution in [0.25, 0.3) is 21.2 Å². The average molecular weight is 376 g/mol. The van der Waals surface area contributed by atoms with Crippen molar-refractivity contribution < 1.29 is 9.21 Å². The minimum atomic E-state index is -0.615. The number of carbonyl (C=O) groups is 1. The predicted octanol–water partition coefficient (Wildman–Crippen LogP) is 4.04. The summed E-state index contributed by atoms with van der Waals surface area (Å²) in [5.74, 6) is -0.615. The van der Waals surface area contributed by atoms with Gasteiger partial charge >= 0.3 is 0 Å². The number of benzene rings is 2. The second-order valence-electron chi connectivity index (χ2n) is 6.15. The molecule has 0 saturated carbocycles. The lowest BCUT2D eigenvalue weighted by atomic mass is 10.2. The number of carbonyl (C=O) groups excluding carboxylic acids is 1. The summed E-state index contributed by atoms with van der Waals surface area (Å²) >= 11 is 1.41. The van der Waals surface area contributed by atoms with E-state index in [0.717, 1.165) is 15.8 Å². The van der Waals surface area contributed by atoms with Gasteiger partial charge in [0, 0.05) is 6.54 Å². The molecule has 0 aliphatic heterocycles. The van der Waals surface area contributed by atoms with Gasteiger partial charge in [0.05, 0.1) is 15.6 Å². The Morgan fingerprint density at radius 2 is 2.11 bits per heavy atom. The number of nitrogens with zero attached hydrogens (tertiary/aromatic N) is 2. The number of aromatic nitrogens is 1. The van der Waals surface area contributed by atoms with Gasteiger partial charge in [0.1, 0.15) is 17.4 Å². The summed E-state index contributed by atoms with van der Waals surface area (Å²) in [5, 5.41) is 0.365. The summed E-state index contributed by atoms with van der Waals surface area (Å²) in [5.41, 5.74) is 2.09. The zero-order valence-electron chi connectivity index (χ0n) is 14.6. The molecule has 2 heterocycles. The molecule has 0 aliphatic carbocycles. The third-order valence-corrected chi connectivity index (χ3v) is 5.30. The van der Waals surface area contributed by atoms with E-state index in [-0.39, 0.29) is 11.0 Å². The highest BCUT2D eigenvalue weighted by Gasteiger charge is 2.15. The molecule has 0 N–H and O–H groups in total. The van der Waals surface area contributed by atoms with Crippen molar-refractivity contribution in [3.8, 4) is 0 Å². The van der Waals surface area contributed by atoms with Crippen LogP contribution in [0.15, 0.2) is 75.6 Å². The second kappa shape index (κ2) is 6.81. The van der Waals surface area contributed by atoms with Gasteiger partial charge in [0.2, 0.25) is 5.43 Å². The van der Waals surface area contributed by atoms with Crippen molar-refractivity contribution >= 4 is 38.4 Å². The molecule has 0 atom stereocenters. The highest BCUT2D eigenvalue weighted by Crippen LogP contribution is 2.19. The predicted molar refractivity (Wildman–Crippen MR) is 107 cm³/mol. The fourth-order valence-corrected chi connectivity index (χ4v) is 4.08.